The van der Waals surface area contributed by atoms with Crippen LogP contribution in [0.3, 0.4) is 0 Å². The van der Waals surface area contributed by atoms with Gasteiger partial charge < -0.3 is 5.32 Å². The lowest BCUT2D eigenvalue weighted by Crippen LogP contribution is -2.16. The molecular weight excluding hydrogens is 232 g/mol. The van der Waals surface area contributed by atoms with E-state index >= 15 is 0 Å². The van der Waals surface area contributed by atoms with E-state index in [0.717, 1.165) is 36.8 Å². The second-order valence-electron chi connectivity index (χ2n) is 4.04. The summed E-state index contributed by atoms with van der Waals surface area (Å²) in [6.45, 7) is 7.04. The highest BCUT2D eigenvalue weighted by molar-refractivity contribution is 7.11. The van der Waals surface area contributed by atoms with Crippen molar-refractivity contribution in [3.63, 3.8) is 0 Å². The molecule has 0 atom stereocenters. The summed E-state index contributed by atoms with van der Waals surface area (Å²) in [4.78, 5) is 5.76. The fraction of sp³-hybridized carbons (Fsp3) is 0.500. The number of rotatable bonds is 6. The largest absolute Gasteiger partial charge is 0.312 e. The molecule has 0 saturated heterocycles. The number of hydrogen-bond donors (Lipinski definition) is 1. The van der Waals surface area contributed by atoms with E-state index in [2.05, 4.69) is 29.2 Å². The zero-order chi connectivity index (χ0) is 12.1. The van der Waals surface area contributed by atoms with Crippen LogP contribution in [0.1, 0.15) is 22.0 Å². The highest BCUT2D eigenvalue weighted by Crippen LogP contribution is 2.16. The molecule has 0 radical (unpaired) electrons. The Morgan fingerprint density at radius 1 is 1.41 bits per heavy atom. The van der Waals surface area contributed by atoms with Crippen LogP contribution in [0.15, 0.2) is 18.5 Å². The number of aryl methyl sites for hydroxylation is 3. The molecule has 17 heavy (non-hydrogen) atoms. The maximum Gasteiger partial charge on any atom is 0.0900 e. The van der Waals surface area contributed by atoms with Crippen LogP contribution in [0.25, 0.3) is 0 Å². The number of nitrogens with zero attached hydrogens (tertiary/aromatic N) is 3. The first-order chi connectivity index (χ1) is 8.25. The molecule has 0 aliphatic rings. The van der Waals surface area contributed by atoms with Gasteiger partial charge in [0.25, 0.3) is 0 Å². The molecule has 4 nitrogen and oxygen atoms in total. The molecule has 2 aromatic heterocycles. The standard InChI is InChI=1S/C12H18N4S/c1-10-12(17-11(2)15-10)9-13-5-3-7-16-8-4-6-14-16/h4,6,8,13H,3,5,7,9H2,1-2H3. The molecule has 2 rings (SSSR count). The average molecular weight is 250 g/mol. The second-order valence-corrected chi connectivity index (χ2v) is 5.33. The Kier molecular flexibility index (Phi) is 4.28. The van der Waals surface area contributed by atoms with E-state index in [1.807, 2.05) is 23.1 Å². The Labute approximate surface area is 106 Å². The van der Waals surface area contributed by atoms with E-state index < -0.39 is 0 Å². The van der Waals surface area contributed by atoms with Gasteiger partial charge in [-0.25, -0.2) is 4.98 Å². The van der Waals surface area contributed by atoms with Crippen molar-refractivity contribution in [3.05, 3.63) is 34.0 Å². The van der Waals surface area contributed by atoms with Gasteiger partial charge in [-0.05, 0) is 32.9 Å². The fourth-order valence-electron chi connectivity index (χ4n) is 1.74. The molecule has 0 saturated carbocycles. The Morgan fingerprint density at radius 3 is 2.94 bits per heavy atom. The van der Waals surface area contributed by atoms with Gasteiger partial charge in [0.05, 0.1) is 10.7 Å². The minimum absolute atomic E-state index is 0.927. The normalized spacial score (nSPS) is 10.9. The van der Waals surface area contributed by atoms with Crippen molar-refractivity contribution in [2.24, 2.45) is 0 Å². The number of nitrogens with one attached hydrogen (secondary N) is 1. The Balaban J connectivity index is 1.65. The molecule has 0 fully saturated rings. The van der Waals surface area contributed by atoms with E-state index in [1.54, 1.807) is 11.3 Å². The molecule has 92 valence electrons. The van der Waals surface area contributed by atoms with E-state index in [4.69, 9.17) is 0 Å². The number of aromatic nitrogens is 3. The summed E-state index contributed by atoms with van der Waals surface area (Å²) in [7, 11) is 0. The van der Waals surface area contributed by atoms with Gasteiger partial charge in [0, 0.05) is 30.4 Å². The first-order valence-electron chi connectivity index (χ1n) is 5.87. The third kappa shape index (κ3) is 3.64. The van der Waals surface area contributed by atoms with Gasteiger partial charge in [-0.3, -0.25) is 4.68 Å². The summed E-state index contributed by atoms with van der Waals surface area (Å²) in [5.74, 6) is 0. The Hall–Kier alpha value is -1.20. The van der Waals surface area contributed by atoms with E-state index in [1.165, 1.54) is 4.88 Å². The molecular formula is C12H18N4S. The summed E-state index contributed by atoms with van der Waals surface area (Å²) in [6.07, 6.45) is 4.91. The van der Waals surface area contributed by atoms with Gasteiger partial charge in [-0.1, -0.05) is 0 Å². The zero-order valence-corrected chi connectivity index (χ0v) is 11.1. The summed E-state index contributed by atoms with van der Waals surface area (Å²) >= 11 is 1.78. The van der Waals surface area contributed by atoms with Crippen molar-refractivity contribution in [1.82, 2.24) is 20.1 Å². The van der Waals surface area contributed by atoms with Crippen LogP contribution >= 0.6 is 11.3 Å². The molecule has 2 aromatic rings. The quantitative estimate of drug-likeness (QED) is 0.799. The summed E-state index contributed by atoms with van der Waals surface area (Å²) in [6, 6.07) is 1.96. The van der Waals surface area contributed by atoms with Gasteiger partial charge in [0.1, 0.15) is 0 Å². The molecule has 0 aromatic carbocycles. The van der Waals surface area contributed by atoms with Crippen molar-refractivity contribution < 1.29 is 0 Å². The van der Waals surface area contributed by atoms with Crippen LogP contribution in [0.2, 0.25) is 0 Å². The van der Waals surface area contributed by atoms with Crippen molar-refractivity contribution in [1.29, 1.82) is 0 Å². The monoisotopic (exact) mass is 250 g/mol. The van der Waals surface area contributed by atoms with Gasteiger partial charge in [-0.2, -0.15) is 5.10 Å². The lowest BCUT2D eigenvalue weighted by Gasteiger charge is -2.04. The minimum atomic E-state index is 0.927. The predicted octanol–water partition coefficient (Wildman–Crippen LogP) is 2.14. The smallest absolute Gasteiger partial charge is 0.0900 e. The SMILES string of the molecule is Cc1nc(C)c(CNCCCn2cccn2)s1. The molecule has 0 bridgehead atoms. The lowest BCUT2D eigenvalue weighted by molar-refractivity contribution is 0.544. The van der Waals surface area contributed by atoms with Gasteiger partial charge in [-0.15, -0.1) is 11.3 Å². The summed E-state index contributed by atoms with van der Waals surface area (Å²) in [5.41, 5.74) is 1.16. The molecule has 5 heteroatoms. The summed E-state index contributed by atoms with van der Waals surface area (Å²) < 4.78 is 1.96. The number of hydrogen-bond acceptors (Lipinski definition) is 4. The summed E-state index contributed by atoms with van der Waals surface area (Å²) in [5, 5.41) is 8.77. The molecule has 2 heterocycles. The van der Waals surface area contributed by atoms with Crippen molar-refractivity contribution >= 4 is 11.3 Å². The Morgan fingerprint density at radius 2 is 2.29 bits per heavy atom. The third-order valence-corrected chi connectivity index (χ3v) is 3.66. The molecule has 1 N–H and O–H groups in total. The highest BCUT2D eigenvalue weighted by atomic mass is 32.1. The molecule has 0 amide bonds. The van der Waals surface area contributed by atoms with Crippen LogP contribution in [-0.2, 0) is 13.1 Å². The third-order valence-electron chi connectivity index (χ3n) is 2.59. The zero-order valence-electron chi connectivity index (χ0n) is 10.3. The fourth-order valence-corrected chi connectivity index (χ4v) is 2.64. The van der Waals surface area contributed by atoms with Crippen LogP contribution < -0.4 is 5.32 Å². The maximum absolute atomic E-state index is 4.42. The van der Waals surface area contributed by atoms with Crippen LogP contribution in [0, 0.1) is 13.8 Å². The van der Waals surface area contributed by atoms with Crippen LogP contribution in [0.4, 0.5) is 0 Å². The maximum atomic E-state index is 4.42. The van der Waals surface area contributed by atoms with Gasteiger partial charge >= 0.3 is 0 Å². The first kappa shape index (κ1) is 12.3. The number of thiazole rings is 1. The van der Waals surface area contributed by atoms with E-state index in [-0.39, 0.29) is 0 Å². The molecule has 0 aliphatic heterocycles. The second kappa shape index (κ2) is 5.93. The predicted molar refractivity (Wildman–Crippen MR) is 70.1 cm³/mol. The lowest BCUT2D eigenvalue weighted by atomic mass is 10.3. The minimum Gasteiger partial charge on any atom is -0.312 e. The van der Waals surface area contributed by atoms with Gasteiger partial charge in [0.2, 0.25) is 0 Å². The average Bonchev–Trinajstić information content (AvgIpc) is 2.89. The molecule has 0 spiro atoms. The van der Waals surface area contributed by atoms with Crippen LogP contribution in [-0.4, -0.2) is 21.3 Å². The van der Waals surface area contributed by atoms with Crippen molar-refractivity contribution in [2.75, 3.05) is 6.54 Å². The van der Waals surface area contributed by atoms with E-state index in [9.17, 15) is 0 Å². The first-order valence-corrected chi connectivity index (χ1v) is 6.68. The highest BCUT2D eigenvalue weighted by Gasteiger charge is 2.03. The molecule has 0 aliphatic carbocycles. The topological polar surface area (TPSA) is 42.7 Å². The van der Waals surface area contributed by atoms with E-state index in [0.29, 0.717) is 0 Å². The van der Waals surface area contributed by atoms with Crippen molar-refractivity contribution in [2.45, 2.75) is 33.4 Å². The van der Waals surface area contributed by atoms with Gasteiger partial charge in [0.15, 0.2) is 0 Å². The Bertz CT molecular complexity index is 447. The molecule has 0 unspecified atom stereocenters. The van der Waals surface area contributed by atoms with Crippen molar-refractivity contribution in [3.8, 4) is 0 Å². The van der Waals surface area contributed by atoms with Crippen LogP contribution in [0.5, 0.6) is 0 Å².